The van der Waals surface area contributed by atoms with Crippen LogP contribution in [0.25, 0.3) is 0 Å². The third-order valence-electron chi connectivity index (χ3n) is 3.10. The number of hydrogen-bond acceptors (Lipinski definition) is 2. The third kappa shape index (κ3) is 9.17. The molecule has 1 atom stereocenters. The Labute approximate surface area is 101 Å². The molecule has 2 nitrogen and oxygen atoms in total. The van der Waals surface area contributed by atoms with Crippen molar-refractivity contribution in [3.63, 3.8) is 0 Å². The van der Waals surface area contributed by atoms with Gasteiger partial charge in [-0.1, -0.05) is 58.3 Å². The van der Waals surface area contributed by atoms with Crippen LogP contribution in [0.2, 0.25) is 0 Å². The normalized spacial score (nSPS) is 18.9. The molecule has 16 heavy (non-hydrogen) atoms. The number of hydrogen-bond donors (Lipinski definition) is 0. The summed E-state index contributed by atoms with van der Waals surface area (Å²) in [5, 5.41) is 0. The van der Waals surface area contributed by atoms with Crippen LogP contribution in [-0.4, -0.2) is 25.9 Å². The van der Waals surface area contributed by atoms with Crippen molar-refractivity contribution in [3.05, 3.63) is 0 Å². The lowest BCUT2D eigenvalue weighted by atomic mass is 10.1. The Morgan fingerprint density at radius 1 is 0.938 bits per heavy atom. The second-order valence-corrected chi connectivity index (χ2v) is 4.86. The molecule has 1 aliphatic rings. The fourth-order valence-corrected chi connectivity index (χ4v) is 1.89. The van der Waals surface area contributed by atoms with Gasteiger partial charge in [0.1, 0.15) is 6.10 Å². The second-order valence-electron chi connectivity index (χ2n) is 4.86. The van der Waals surface area contributed by atoms with Gasteiger partial charge >= 0.3 is 0 Å². The number of unbranched alkanes of at least 4 members (excludes halogenated alkanes) is 8. The van der Waals surface area contributed by atoms with Crippen LogP contribution in [-0.2, 0) is 9.47 Å². The second kappa shape index (κ2) is 10.1. The topological polar surface area (TPSA) is 21.8 Å². The van der Waals surface area contributed by atoms with E-state index in [1.165, 1.54) is 57.8 Å². The minimum atomic E-state index is 0.429. The predicted octanol–water partition coefficient (Wildman–Crippen LogP) is 3.93. The molecule has 0 aliphatic carbocycles. The quantitative estimate of drug-likeness (QED) is 0.373. The van der Waals surface area contributed by atoms with Crippen molar-refractivity contribution in [1.82, 2.24) is 0 Å². The van der Waals surface area contributed by atoms with Crippen LogP contribution in [0.1, 0.15) is 64.7 Å². The van der Waals surface area contributed by atoms with Crippen LogP contribution in [0.5, 0.6) is 0 Å². The van der Waals surface area contributed by atoms with Crippen molar-refractivity contribution >= 4 is 0 Å². The summed E-state index contributed by atoms with van der Waals surface area (Å²) in [4.78, 5) is 0. The van der Waals surface area contributed by atoms with E-state index in [-0.39, 0.29) is 0 Å². The van der Waals surface area contributed by atoms with E-state index in [1.807, 2.05) is 0 Å². The van der Waals surface area contributed by atoms with Crippen LogP contribution in [0.15, 0.2) is 0 Å². The first kappa shape index (κ1) is 14.0. The molecular formula is C14H28O2. The van der Waals surface area contributed by atoms with E-state index in [0.29, 0.717) is 6.10 Å². The minimum Gasteiger partial charge on any atom is -0.379 e. The maximum absolute atomic E-state index is 5.49. The zero-order valence-electron chi connectivity index (χ0n) is 10.9. The molecule has 0 aromatic rings. The van der Waals surface area contributed by atoms with Crippen molar-refractivity contribution < 1.29 is 9.47 Å². The number of rotatable bonds is 12. The summed E-state index contributed by atoms with van der Waals surface area (Å²) >= 11 is 0. The van der Waals surface area contributed by atoms with Crippen LogP contribution >= 0.6 is 0 Å². The highest BCUT2D eigenvalue weighted by molar-refractivity contribution is 4.66. The molecule has 2 heteroatoms. The summed E-state index contributed by atoms with van der Waals surface area (Å²) in [5.41, 5.74) is 0. The molecule has 1 aliphatic heterocycles. The first-order chi connectivity index (χ1) is 7.93. The summed E-state index contributed by atoms with van der Waals surface area (Å²) in [6, 6.07) is 0. The molecule has 1 saturated heterocycles. The summed E-state index contributed by atoms with van der Waals surface area (Å²) in [5.74, 6) is 0. The van der Waals surface area contributed by atoms with Crippen molar-refractivity contribution in [1.29, 1.82) is 0 Å². The third-order valence-corrected chi connectivity index (χ3v) is 3.10. The molecule has 0 N–H and O–H groups in total. The molecule has 96 valence electrons. The summed E-state index contributed by atoms with van der Waals surface area (Å²) in [6.07, 6.45) is 12.8. The Morgan fingerprint density at radius 3 is 2.06 bits per heavy atom. The van der Waals surface area contributed by atoms with Gasteiger partial charge in [-0.15, -0.1) is 0 Å². The van der Waals surface area contributed by atoms with Gasteiger partial charge in [0.15, 0.2) is 0 Å². The molecular weight excluding hydrogens is 200 g/mol. The highest BCUT2D eigenvalue weighted by Crippen LogP contribution is 2.11. The lowest BCUT2D eigenvalue weighted by Crippen LogP contribution is -2.02. The van der Waals surface area contributed by atoms with Gasteiger partial charge in [0.2, 0.25) is 0 Å². The SMILES string of the molecule is CCCCCCCCCCCOC[C@@H]1CO1. The summed E-state index contributed by atoms with van der Waals surface area (Å²) < 4.78 is 10.6. The summed E-state index contributed by atoms with van der Waals surface area (Å²) in [7, 11) is 0. The van der Waals surface area contributed by atoms with Crippen molar-refractivity contribution in [2.75, 3.05) is 19.8 Å². The average Bonchev–Trinajstić information content (AvgIpc) is 3.10. The zero-order valence-corrected chi connectivity index (χ0v) is 10.9. The van der Waals surface area contributed by atoms with Crippen molar-refractivity contribution in [3.8, 4) is 0 Å². The maximum atomic E-state index is 5.49. The highest BCUT2D eigenvalue weighted by atomic mass is 16.6. The Hall–Kier alpha value is -0.0800. The van der Waals surface area contributed by atoms with E-state index >= 15 is 0 Å². The fraction of sp³-hybridized carbons (Fsp3) is 1.00. The van der Waals surface area contributed by atoms with E-state index in [0.717, 1.165) is 19.8 Å². The molecule has 0 saturated carbocycles. The monoisotopic (exact) mass is 228 g/mol. The molecule has 0 spiro atoms. The van der Waals surface area contributed by atoms with E-state index in [9.17, 15) is 0 Å². The van der Waals surface area contributed by atoms with E-state index in [1.54, 1.807) is 0 Å². The minimum absolute atomic E-state index is 0.429. The smallest absolute Gasteiger partial charge is 0.104 e. The molecule has 0 aromatic carbocycles. The van der Waals surface area contributed by atoms with Crippen LogP contribution in [0.3, 0.4) is 0 Å². The molecule has 0 aromatic heterocycles. The van der Waals surface area contributed by atoms with Crippen LogP contribution in [0, 0.1) is 0 Å². The Morgan fingerprint density at radius 2 is 1.50 bits per heavy atom. The maximum Gasteiger partial charge on any atom is 0.104 e. The lowest BCUT2D eigenvalue weighted by molar-refractivity contribution is 0.113. The average molecular weight is 228 g/mol. The Kier molecular flexibility index (Phi) is 8.83. The number of ether oxygens (including phenoxy) is 2. The molecule has 0 unspecified atom stereocenters. The first-order valence-electron chi connectivity index (χ1n) is 7.13. The van der Waals surface area contributed by atoms with Gasteiger partial charge in [0.25, 0.3) is 0 Å². The predicted molar refractivity (Wildman–Crippen MR) is 67.8 cm³/mol. The van der Waals surface area contributed by atoms with E-state index in [4.69, 9.17) is 9.47 Å². The molecule has 0 amide bonds. The molecule has 1 heterocycles. The molecule has 1 fully saturated rings. The van der Waals surface area contributed by atoms with Crippen molar-refractivity contribution in [2.45, 2.75) is 70.8 Å². The van der Waals surface area contributed by atoms with E-state index in [2.05, 4.69) is 6.92 Å². The molecule has 0 bridgehead atoms. The van der Waals surface area contributed by atoms with Gasteiger partial charge in [-0.25, -0.2) is 0 Å². The lowest BCUT2D eigenvalue weighted by Gasteiger charge is -2.03. The van der Waals surface area contributed by atoms with Gasteiger partial charge in [-0.05, 0) is 6.42 Å². The largest absolute Gasteiger partial charge is 0.379 e. The van der Waals surface area contributed by atoms with Crippen LogP contribution in [0.4, 0.5) is 0 Å². The van der Waals surface area contributed by atoms with Gasteiger partial charge in [-0.2, -0.15) is 0 Å². The van der Waals surface area contributed by atoms with Gasteiger partial charge < -0.3 is 9.47 Å². The van der Waals surface area contributed by atoms with Gasteiger partial charge in [-0.3, -0.25) is 0 Å². The highest BCUT2D eigenvalue weighted by Gasteiger charge is 2.21. The zero-order chi connectivity index (χ0) is 11.5. The van der Waals surface area contributed by atoms with Crippen molar-refractivity contribution in [2.24, 2.45) is 0 Å². The molecule has 1 rings (SSSR count). The summed E-state index contributed by atoms with van der Waals surface area (Å²) in [6.45, 7) is 4.93. The van der Waals surface area contributed by atoms with Gasteiger partial charge in [0, 0.05) is 6.61 Å². The fourth-order valence-electron chi connectivity index (χ4n) is 1.89. The molecule has 0 radical (unpaired) electrons. The number of epoxide rings is 1. The van der Waals surface area contributed by atoms with Gasteiger partial charge in [0.05, 0.1) is 13.2 Å². The Balaban J connectivity index is 1.61. The Bertz CT molecular complexity index is 144. The van der Waals surface area contributed by atoms with E-state index < -0.39 is 0 Å². The standard InChI is InChI=1S/C14H28O2/c1-2-3-4-5-6-7-8-9-10-11-15-12-14-13-16-14/h14H,2-13H2,1H3/t14-/m1/s1. The van der Waals surface area contributed by atoms with Crippen LogP contribution < -0.4 is 0 Å². The first-order valence-corrected chi connectivity index (χ1v) is 7.13.